The van der Waals surface area contributed by atoms with E-state index < -0.39 is 28.5 Å². The molecule has 1 fully saturated rings. The number of hydrogen-bond donors (Lipinski definition) is 1. The smallest absolute Gasteiger partial charge is 0.264 e. The molecule has 4 rings (SSSR count). The first-order valence-corrected chi connectivity index (χ1v) is 16.1. The van der Waals surface area contributed by atoms with Crippen LogP contribution in [0.15, 0.2) is 77.7 Å². The van der Waals surface area contributed by atoms with E-state index in [4.69, 9.17) is 14.2 Å². The summed E-state index contributed by atoms with van der Waals surface area (Å²) in [6, 6.07) is 19.1. The first-order chi connectivity index (χ1) is 21.2. The van der Waals surface area contributed by atoms with Gasteiger partial charge in [-0.2, -0.15) is 0 Å². The third-order valence-electron chi connectivity index (χ3n) is 7.90. The minimum atomic E-state index is -4.26. The standard InChI is InChI=1S/C33H41N3O7S/c1-24(33(38)34-26-11-7-5-8-12-26)35(22-25-15-17-28(41-2)18-16-25)32(37)23-36(27-13-9-6-10-14-27)44(39,40)29-19-20-30(42-3)31(21-29)43-4/h6,9-10,13-21,24,26H,5,7-8,11-12,22-23H2,1-4H3,(H,34,38). The van der Waals surface area contributed by atoms with Gasteiger partial charge >= 0.3 is 0 Å². The van der Waals surface area contributed by atoms with Crippen molar-refractivity contribution in [3.63, 3.8) is 0 Å². The molecule has 3 aromatic rings. The van der Waals surface area contributed by atoms with Gasteiger partial charge in [0.2, 0.25) is 11.8 Å². The number of nitrogens with zero attached hydrogens (tertiary/aromatic N) is 2. The van der Waals surface area contributed by atoms with Crippen molar-refractivity contribution in [2.45, 2.75) is 62.6 Å². The molecule has 3 aromatic carbocycles. The molecule has 0 spiro atoms. The van der Waals surface area contributed by atoms with Gasteiger partial charge in [-0.1, -0.05) is 49.6 Å². The first kappa shape index (κ1) is 32.7. The molecule has 0 heterocycles. The SMILES string of the molecule is COc1ccc(CN(C(=O)CN(c2ccccc2)S(=O)(=O)c2ccc(OC)c(OC)c2)C(C)C(=O)NC2CCCCC2)cc1. The molecule has 1 aliphatic carbocycles. The van der Waals surface area contributed by atoms with Crippen LogP contribution in [-0.4, -0.2) is 65.1 Å². The molecule has 236 valence electrons. The summed E-state index contributed by atoms with van der Waals surface area (Å²) in [4.78, 5) is 29.0. The summed E-state index contributed by atoms with van der Waals surface area (Å²) >= 11 is 0. The lowest BCUT2D eigenvalue weighted by Crippen LogP contribution is -2.53. The van der Waals surface area contributed by atoms with Gasteiger partial charge in [0.25, 0.3) is 10.0 Å². The maximum absolute atomic E-state index is 14.2. The van der Waals surface area contributed by atoms with Gasteiger partial charge < -0.3 is 24.4 Å². The molecule has 1 unspecified atom stereocenters. The Morgan fingerprint density at radius 2 is 1.52 bits per heavy atom. The summed E-state index contributed by atoms with van der Waals surface area (Å²) in [5.41, 5.74) is 1.07. The quantitative estimate of drug-likeness (QED) is 0.292. The van der Waals surface area contributed by atoms with Crippen LogP contribution in [0, 0.1) is 0 Å². The molecule has 1 saturated carbocycles. The van der Waals surface area contributed by atoms with Crippen LogP contribution in [0.3, 0.4) is 0 Å². The molecule has 0 bridgehead atoms. The molecule has 0 saturated heterocycles. The summed E-state index contributed by atoms with van der Waals surface area (Å²) < 4.78 is 45.2. The number of carbonyl (C=O) groups is 2. The highest BCUT2D eigenvalue weighted by molar-refractivity contribution is 7.92. The topological polar surface area (TPSA) is 114 Å². The monoisotopic (exact) mass is 623 g/mol. The molecule has 11 heteroatoms. The van der Waals surface area contributed by atoms with Crippen molar-refractivity contribution in [3.8, 4) is 17.2 Å². The zero-order chi connectivity index (χ0) is 31.7. The van der Waals surface area contributed by atoms with Crippen molar-refractivity contribution in [2.75, 3.05) is 32.2 Å². The van der Waals surface area contributed by atoms with E-state index in [2.05, 4.69) is 5.32 Å². The molecule has 44 heavy (non-hydrogen) atoms. The molecule has 0 aliphatic heterocycles. The predicted molar refractivity (Wildman–Crippen MR) is 169 cm³/mol. The predicted octanol–water partition coefficient (Wildman–Crippen LogP) is 4.77. The molecule has 1 N–H and O–H groups in total. The summed E-state index contributed by atoms with van der Waals surface area (Å²) in [5, 5.41) is 3.11. The van der Waals surface area contributed by atoms with Crippen LogP contribution in [0.4, 0.5) is 5.69 Å². The fraction of sp³-hybridized carbons (Fsp3) is 0.394. The van der Waals surface area contributed by atoms with E-state index >= 15 is 0 Å². The van der Waals surface area contributed by atoms with E-state index in [0.717, 1.165) is 42.0 Å². The minimum absolute atomic E-state index is 0.0582. The first-order valence-electron chi connectivity index (χ1n) is 14.7. The number of para-hydroxylation sites is 1. The van der Waals surface area contributed by atoms with Gasteiger partial charge in [-0.25, -0.2) is 8.42 Å². The molecule has 1 aliphatic rings. The third kappa shape index (κ3) is 7.82. The van der Waals surface area contributed by atoms with Gasteiger partial charge in [-0.3, -0.25) is 13.9 Å². The zero-order valence-electron chi connectivity index (χ0n) is 25.7. The molecular weight excluding hydrogens is 582 g/mol. The number of nitrogens with one attached hydrogen (secondary N) is 1. The minimum Gasteiger partial charge on any atom is -0.497 e. The summed E-state index contributed by atoms with van der Waals surface area (Å²) in [6.07, 6.45) is 5.04. The number of benzene rings is 3. The number of sulfonamides is 1. The Labute approximate surface area is 260 Å². The second kappa shape index (κ2) is 15.0. The number of methoxy groups -OCH3 is 3. The van der Waals surface area contributed by atoms with Crippen molar-refractivity contribution in [3.05, 3.63) is 78.4 Å². The number of rotatable bonds is 13. The molecule has 0 aromatic heterocycles. The largest absolute Gasteiger partial charge is 0.497 e. The summed E-state index contributed by atoms with van der Waals surface area (Å²) in [5.74, 6) is 0.470. The van der Waals surface area contributed by atoms with Gasteiger partial charge in [-0.05, 0) is 61.7 Å². The second-order valence-electron chi connectivity index (χ2n) is 10.8. The van der Waals surface area contributed by atoms with Gasteiger partial charge in [0.15, 0.2) is 11.5 Å². The van der Waals surface area contributed by atoms with Crippen LogP contribution in [0.1, 0.15) is 44.6 Å². The number of amides is 2. The van der Waals surface area contributed by atoms with Crippen LogP contribution >= 0.6 is 0 Å². The van der Waals surface area contributed by atoms with Crippen molar-refractivity contribution in [2.24, 2.45) is 0 Å². The van der Waals surface area contributed by atoms with E-state index in [1.54, 1.807) is 56.5 Å². The highest BCUT2D eigenvalue weighted by Gasteiger charge is 2.33. The lowest BCUT2D eigenvalue weighted by atomic mass is 9.95. The zero-order valence-corrected chi connectivity index (χ0v) is 26.5. The normalized spacial score (nSPS) is 14.3. The Hall–Kier alpha value is -4.25. The van der Waals surface area contributed by atoms with Gasteiger partial charge in [0.1, 0.15) is 18.3 Å². The van der Waals surface area contributed by atoms with Crippen LogP contribution < -0.4 is 23.8 Å². The lowest BCUT2D eigenvalue weighted by molar-refractivity contribution is -0.139. The average Bonchev–Trinajstić information content (AvgIpc) is 3.06. The molecule has 1 atom stereocenters. The Balaban J connectivity index is 1.68. The number of hydrogen-bond acceptors (Lipinski definition) is 7. The number of carbonyl (C=O) groups excluding carboxylic acids is 2. The van der Waals surface area contributed by atoms with Crippen molar-refractivity contribution in [1.82, 2.24) is 10.2 Å². The average molecular weight is 624 g/mol. The van der Waals surface area contributed by atoms with E-state index in [1.807, 2.05) is 12.1 Å². The van der Waals surface area contributed by atoms with Gasteiger partial charge in [0.05, 0.1) is 31.9 Å². The molecule has 0 radical (unpaired) electrons. The van der Waals surface area contributed by atoms with Crippen LogP contribution in [0.2, 0.25) is 0 Å². The molecule has 2 amide bonds. The fourth-order valence-corrected chi connectivity index (χ4v) is 6.74. The van der Waals surface area contributed by atoms with Gasteiger partial charge in [0, 0.05) is 18.7 Å². The summed E-state index contributed by atoms with van der Waals surface area (Å²) in [6.45, 7) is 1.24. The van der Waals surface area contributed by atoms with Gasteiger partial charge in [-0.15, -0.1) is 0 Å². The fourth-order valence-electron chi connectivity index (χ4n) is 5.31. The Morgan fingerprint density at radius 1 is 0.864 bits per heavy atom. The van der Waals surface area contributed by atoms with Crippen molar-refractivity contribution >= 4 is 27.5 Å². The highest BCUT2D eigenvalue weighted by atomic mass is 32.2. The summed E-state index contributed by atoms with van der Waals surface area (Å²) in [7, 11) is 0.194. The van der Waals surface area contributed by atoms with Crippen LogP contribution in [0.5, 0.6) is 17.2 Å². The maximum atomic E-state index is 14.2. The Kier molecular flexibility index (Phi) is 11.1. The van der Waals surface area contributed by atoms with E-state index in [-0.39, 0.29) is 29.1 Å². The second-order valence-corrected chi connectivity index (χ2v) is 12.6. The highest BCUT2D eigenvalue weighted by Crippen LogP contribution is 2.32. The van der Waals surface area contributed by atoms with E-state index in [9.17, 15) is 18.0 Å². The lowest BCUT2D eigenvalue weighted by Gasteiger charge is -2.33. The maximum Gasteiger partial charge on any atom is 0.264 e. The van der Waals surface area contributed by atoms with Crippen molar-refractivity contribution in [1.29, 1.82) is 0 Å². The Morgan fingerprint density at radius 3 is 2.14 bits per heavy atom. The number of anilines is 1. The Bertz CT molecular complexity index is 1510. The molecule has 10 nitrogen and oxygen atoms in total. The van der Waals surface area contributed by atoms with Crippen LogP contribution in [-0.2, 0) is 26.2 Å². The number of ether oxygens (including phenoxy) is 3. The van der Waals surface area contributed by atoms with E-state index in [1.165, 1.54) is 37.3 Å². The van der Waals surface area contributed by atoms with Crippen LogP contribution in [0.25, 0.3) is 0 Å². The molecular formula is C33H41N3O7S. The third-order valence-corrected chi connectivity index (χ3v) is 9.67. The van der Waals surface area contributed by atoms with Crippen molar-refractivity contribution < 1.29 is 32.2 Å². The van der Waals surface area contributed by atoms with E-state index in [0.29, 0.717) is 17.2 Å².